The quantitative estimate of drug-likeness (QED) is 0.771. The molecule has 0 amide bonds. The Morgan fingerprint density at radius 3 is 2.44 bits per heavy atom. The standard InChI is InChI=1S/C11H16N2O4S/c1-4-8-5-6-9(11(14)15)7-10(8)18(16,17)12-13(2)3/h5-7,12H,4H2,1-3H3,(H,14,15). The number of nitrogens with one attached hydrogen (secondary N) is 1. The van der Waals surface area contributed by atoms with Gasteiger partial charge in [0.1, 0.15) is 0 Å². The van der Waals surface area contributed by atoms with Gasteiger partial charge in [0.25, 0.3) is 10.0 Å². The van der Waals surface area contributed by atoms with Crippen LogP contribution in [0.3, 0.4) is 0 Å². The molecular formula is C11H16N2O4S. The highest BCUT2D eigenvalue weighted by atomic mass is 32.2. The molecule has 2 N–H and O–H groups in total. The van der Waals surface area contributed by atoms with Gasteiger partial charge in [-0.1, -0.05) is 13.0 Å². The second-order valence-electron chi connectivity index (χ2n) is 3.97. The Labute approximate surface area is 106 Å². The van der Waals surface area contributed by atoms with Crippen LogP contribution in [0.5, 0.6) is 0 Å². The van der Waals surface area contributed by atoms with Crippen LogP contribution in [0.25, 0.3) is 0 Å². The van der Waals surface area contributed by atoms with Gasteiger partial charge in [-0.2, -0.15) is 0 Å². The molecule has 7 heteroatoms. The van der Waals surface area contributed by atoms with E-state index in [4.69, 9.17) is 5.11 Å². The van der Waals surface area contributed by atoms with Crippen LogP contribution in [0.1, 0.15) is 22.8 Å². The highest BCUT2D eigenvalue weighted by Gasteiger charge is 2.20. The summed E-state index contributed by atoms with van der Waals surface area (Å²) in [5.41, 5.74) is 0.528. The van der Waals surface area contributed by atoms with Crippen molar-refractivity contribution in [1.82, 2.24) is 9.84 Å². The van der Waals surface area contributed by atoms with Gasteiger partial charge in [0, 0.05) is 14.1 Å². The third-order valence-corrected chi connectivity index (χ3v) is 3.85. The third-order valence-electron chi connectivity index (χ3n) is 2.29. The van der Waals surface area contributed by atoms with Gasteiger partial charge in [-0.3, -0.25) is 0 Å². The summed E-state index contributed by atoms with van der Waals surface area (Å²) >= 11 is 0. The van der Waals surface area contributed by atoms with Gasteiger partial charge in [0.2, 0.25) is 0 Å². The first-order valence-electron chi connectivity index (χ1n) is 5.34. The maximum Gasteiger partial charge on any atom is 0.335 e. The van der Waals surface area contributed by atoms with Crippen LogP contribution in [0.4, 0.5) is 0 Å². The average molecular weight is 272 g/mol. The zero-order valence-electron chi connectivity index (χ0n) is 10.5. The minimum absolute atomic E-state index is 0.00130. The van der Waals surface area contributed by atoms with Gasteiger partial charge < -0.3 is 5.11 Å². The van der Waals surface area contributed by atoms with E-state index in [1.54, 1.807) is 14.1 Å². The zero-order chi connectivity index (χ0) is 13.9. The van der Waals surface area contributed by atoms with Crippen LogP contribution in [0.2, 0.25) is 0 Å². The van der Waals surface area contributed by atoms with Gasteiger partial charge >= 0.3 is 5.97 Å². The van der Waals surface area contributed by atoms with Gasteiger partial charge in [-0.15, -0.1) is 4.83 Å². The van der Waals surface area contributed by atoms with Gasteiger partial charge in [0.15, 0.2) is 0 Å². The molecule has 0 saturated heterocycles. The second-order valence-corrected chi connectivity index (χ2v) is 5.60. The number of rotatable bonds is 5. The van der Waals surface area contributed by atoms with E-state index in [2.05, 4.69) is 4.83 Å². The lowest BCUT2D eigenvalue weighted by Gasteiger charge is -2.15. The summed E-state index contributed by atoms with van der Waals surface area (Å²) in [5.74, 6) is -1.15. The van der Waals surface area contributed by atoms with Crippen LogP contribution in [0.15, 0.2) is 23.1 Å². The number of benzene rings is 1. The molecule has 0 radical (unpaired) electrons. The summed E-state index contributed by atoms with van der Waals surface area (Å²) in [5, 5.41) is 10.2. The largest absolute Gasteiger partial charge is 0.478 e. The van der Waals surface area contributed by atoms with Crippen LogP contribution < -0.4 is 4.83 Å². The smallest absolute Gasteiger partial charge is 0.335 e. The fraction of sp³-hybridized carbons (Fsp3) is 0.364. The average Bonchev–Trinajstić information content (AvgIpc) is 2.26. The summed E-state index contributed by atoms with van der Waals surface area (Å²) in [6.45, 7) is 1.81. The Kier molecular flexibility index (Phi) is 4.44. The predicted molar refractivity (Wildman–Crippen MR) is 66.8 cm³/mol. The number of carbonyl (C=O) groups is 1. The minimum atomic E-state index is -3.75. The molecule has 0 aliphatic heterocycles. The predicted octanol–water partition coefficient (Wildman–Crippen LogP) is 0.702. The second kappa shape index (κ2) is 5.47. The Bertz CT molecular complexity index is 552. The van der Waals surface area contributed by atoms with E-state index in [0.717, 1.165) is 0 Å². The monoisotopic (exact) mass is 272 g/mol. The molecule has 0 aliphatic carbocycles. The molecule has 0 saturated carbocycles. The van der Waals surface area contributed by atoms with Crippen LogP contribution >= 0.6 is 0 Å². The van der Waals surface area contributed by atoms with E-state index >= 15 is 0 Å². The van der Waals surface area contributed by atoms with Crippen molar-refractivity contribution in [2.45, 2.75) is 18.2 Å². The van der Waals surface area contributed by atoms with Crippen molar-refractivity contribution in [3.8, 4) is 0 Å². The van der Waals surface area contributed by atoms with E-state index < -0.39 is 16.0 Å². The number of hydrogen-bond acceptors (Lipinski definition) is 4. The van der Waals surface area contributed by atoms with Crippen LogP contribution in [0, 0.1) is 0 Å². The summed E-state index contributed by atoms with van der Waals surface area (Å²) in [6.07, 6.45) is 0.504. The topological polar surface area (TPSA) is 86.7 Å². The number of hydrazine groups is 1. The summed E-state index contributed by atoms with van der Waals surface area (Å²) in [6, 6.07) is 4.09. The summed E-state index contributed by atoms with van der Waals surface area (Å²) in [4.78, 5) is 13.2. The van der Waals surface area contributed by atoms with Crippen molar-refractivity contribution in [3.63, 3.8) is 0 Å². The number of carboxylic acids is 1. The molecule has 0 atom stereocenters. The Morgan fingerprint density at radius 1 is 1.39 bits per heavy atom. The van der Waals surface area contributed by atoms with Gasteiger partial charge in [-0.25, -0.2) is 18.2 Å². The van der Waals surface area contributed by atoms with E-state index in [1.165, 1.54) is 23.2 Å². The van der Waals surface area contributed by atoms with Crippen molar-refractivity contribution < 1.29 is 18.3 Å². The van der Waals surface area contributed by atoms with Crippen molar-refractivity contribution in [1.29, 1.82) is 0 Å². The number of carboxylic acid groups (broad SMARTS) is 1. The van der Waals surface area contributed by atoms with Crippen molar-refractivity contribution >= 4 is 16.0 Å². The van der Waals surface area contributed by atoms with Crippen molar-refractivity contribution in [3.05, 3.63) is 29.3 Å². The first-order chi connectivity index (χ1) is 8.27. The molecule has 0 fully saturated rings. The molecule has 100 valence electrons. The normalized spacial score (nSPS) is 11.8. The van der Waals surface area contributed by atoms with E-state index in [9.17, 15) is 13.2 Å². The lowest BCUT2D eigenvalue weighted by molar-refractivity contribution is 0.0696. The number of aryl methyl sites for hydroxylation is 1. The number of sulfonamides is 1. The third kappa shape index (κ3) is 3.28. The number of nitrogens with zero attached hydrogens (tertiary/aromatic N) is 1. The molecule has 6 nitrogen and oxygen atoms in total. The molecule has 18 heavy (non-hydrogen) atoms. The Balaban J connectivity index is 3.36. The molecular weight excluding hydrogens is 256 g/mol. The molecule has 1 aromatic rings. The highest BCUT2D eigenvalue weighted by molar-refractivity contribution is 7.89. The summed E-state index contributed by atoms with van der Waals surface area (Å²) in [7, 11) is -0.654. The van der Waals surface area contributed by atoms with E-state index in [0.29, 0.717) is 12.0 Å². The van der Waals surface area contributed by atoms with Crippen LogP contribution in [-0.2, 0) is 16.4 Å². The Hall–Kier alpha value is -1.44. The first-order valence-corrected chi connectivity index (χ1v) is 6.82. The number of hydrogen-bond donors (Lipinski definition) is 2. The highest BCUT2D eigenvalue weighted by Crippen LogP contribution is 2.18. The van der Waals surface area contributed by atoms with Crippen molar-refractivity contribution in [2.24, 2.45) is 0 Å². The molecule has 1 aromatic carbocycles. The van der Waals surface area contributed by atoms with E-state index in [-0.39, 0.29) is 10.5 Å². The van der Waals surface area contributed by atoms with Gasteiger partial charge in [-0.05, 0) is 24.1 Å². The summed E-state index contributed by atoms with van der Waals surface area (Å²) < 4.78 is 24.1. The van der Waals surface area contributed by atoms with Crippen LogP contribution in [-0.4, -0.2) is 38.6 Å². The molecule has 0 heterocycles. The SMILES string of the molecule is CCc1ccc(C(=O)O)cc1S(=O)(=O)NN(C)C. The molecule has 0 unspecified atom stereocenters. The maximum atomic E-state index is 12.1. The minimum Gasteiger partial charge on any atom is -0.478 e. The van der Waals surface area contributed by atoms with Crippen molar-refractivity contribution in [2.75, 3.05) is 14.1 Å². The van der Waals surface area contributed by atoms with E-state index in [1.807, 2.05) is 6.92 Å². The Morgan fingerprint density at radius 2 is 2.00 bits per heavy atom. The fourth-order valence-corrected chi connectivity index (χ4v) is 2.94. The fourth-order valence-electron chi connectivity index (χ4n) is 1.52. The molecule has 0 aromatic heterocycles. The molecule has 0 bridgehead atoms. The molecule has 0 spiro atoms. The van der Waals surface area contributed by atoms with Gasteiger partial charge in [0.05, 0.1) is 10.5 Å². The zero-order valence-corrected chi connectivity index (χ0v) is 11.3. The first kappa shape index (κ1) is 14.6. The maximum absolute atomic E-state index is 12.1. The molecule has 0 aliphatic rings. The number of aromatic carboxylic acids is 1. The lowest BCUT2D eigenvalue weighted by Crippen LogP contribution is -2.36. The molecule has 1 rings (SSSR count). The lowest BCUT2D eigenvalue weighted by atomic mass is 10.1.